The van der Waals surface area contributed by atoms with Crippen LogP contribution >= 0.6 is 0 Å². The van der Waals surface area contributed by atoms with Gasteiger partial charge >= 0.3 is 0 Å². The Morgan fingerprint density at radius 2 is 2.03 bits per heavy atom. The lowest BCUT2D eigenvalue weighted by atomic mass is 10.0. The number of nitrogen functional groups attached to an aromatic ring is 1. The van der Waals surface area contributed by atoms with E-state index in [1.54, 1.807) is 12.4 Å². The first kappa shape index (κ1) is 21.8. The molecule has 4 heterocycles. The van der Waals surface area contributed by atoms with Crippen molar-refractivity contribution < 1.29 is 0 Å². The van der Waals surface area contributed by atoms with Gasteiger partial charge in [-0.1, -0.05) is 18.2 Å². The molecule has 0 radical (unpaired) electrons. The molecule has 4 aromatic rings. The lowest BCUT2D eigenvalue weighted by Crippen LogP contribution is -2.45. The van der Waals surface area contributed by atoms with Gasteiger partial charge < -0.3 is 20.9 Å². The number of nitrogens with two attached hydrogens (primary N) is 1. The van der Waals surface area contributed by atoms with Crippen molar-refractivity contribution in [3.63, 3.8) is 0 Å². The first-order valence-corrected chi connectivity index (χ1v) is 11.3. The maximum absolute atomic E-state index is 8.58. The number of aromatic amines is 1. The number of aromatic nitrogens is 5. The van der Waals surface area contributed by atoms with Crippen molar-refractivity contribution in [1.29, 1.82) is 5.41 Å². The summed E-state index contributed by atoms with van der Waals surface area (Å²) in [7, 11) is 2.15. The molecule has 5 N–H and O–H groups in total. The standard InChI is InChI=1S/C24H28N10/c1-15-4-3-5-16-10-18(32-24(19(15)16)34-8-6-33(2)7-9-34)13-27-23-20(22(26)28-14-29-23)21(25)17-11-30-31-12-17/h3-5,10-12,14,25H,6-9,13H2,1-2H3,(H,30,31)(H3,26,27,28,29). The number of benzene rings is 1. The normalized spacial score (nSPS) is 14.5. The summed E-state index contributed by atoms with van der Waals surface area (Å²) in [6, 6.07) is 8.47. The van der Waals surface area contributed by atoms with Crippen LogP contribution in [0.2, 0.25) is 0 Å². The quantitative estimate of drug-likeness (QED) is 0.325. The molecular weight excluding hydrogens is 428 g/mol. The molecule has 10 nitrogen and oxygen atoms in total. The first-order valence-electron chi connectivity index (χ1n) is 11.3. The highest BCUT2D eigenvalue weighted by atomic mass is 15.3. The average Bonchev–Trinajstić information content (AvgIpc) is 3.38. The minimum Gasteiger partial charge on any atom is -0.383 e. The molecule has 1 fully saturated rings. The number of aryl methyl sites for hydroxylation is 1. The minimum absolute atomic E-state index is 0.203. The molecule has 1 aliphatic rings. The molecule has 1 aliphatic heterocycles. The Kier molecular flexibility index (Phi) is 5.81. The van der Waals surface area contributed by atoms with Crippen LogP contribution in [0.3, 0.4) is 0 Å². The molecule has 0 spiro atoms. The van der Waals surface area contributed by atoms with Crippen LogP contribution in [-0.2, 0) is 6.54 Å². The third-order valence-electron chi connectivity index (χ3n) is 6.25. The van der Waals surface area contributed by atoms with Gasteiger partial charge in [0.2, 0.25) is 0 Å². The van der Waals surface area contributed by atoms with Crippen molar-refractivity contribution in [3.05, 3.63) is 65.4 Å². The average molecular weight is 457 g/mol. The van der Waals surface area contributed by atoms with Crippen molar-refractivity contribution in [1.82, 2.24) is 30.0 Å². The molecule has 174 valence electrons. The van der Waals surface area contributed by atoms with E-state index in [0.717, 1.165) is 43.1 Å². The van der Waals surface area contributed by atoms with E-state index in [1.165, 1.54) is 17.3 Å². The number of rotatable bonds is 6. The fraction of sp³-hybridized carbons (Fsp3) is 0.292. The highest BCUT2D eigenvalue weighted by Crippen LogP contribution is 2.30. The zero-order valence-electron chi connectivity index (χ0n) is 19.3. The van der Waals surface area contributed by atoms with Crippen molar-refractivity contribution >= 4 is 33.9 Å². The number of hydrogen-bond acceptors (Lipinski definition) is 9. The third-order valence-corrected chi connectivity index (χ3v) is 6.25. The molecule has 1 saturated heterocycles. The highest BCUT2D eigenvalue weighted by Gasteiger charge is 2.20. The first-order chi connectivity index (χ1) is 16.5. The second kappa shape index (κ2) is 9.06. The number of anilines is 3. The molecule has 0 unspecified atom stereocenters. The van der Waals surface area contributed by atoms with E-state index in [9.17, 15) is 0 Å². The zero-order chi connectivity index (χ0) is 23.7. The van der Waals surface area contributed by atoms with Crippen LogP contribution in [0.5, 0.6) is 0 Å². The Bertz CT molecular complexity index is 1320. The van der Waals surface area contributed by atoms with E-state index in [1.807, 2.05) is 0 Å². The number of nitrogens with one attached hydrogen (secondary N) is 3. The summed E-state index contributed by atoms with van der Waals surface area (Å²) >= 11 is 0. The van der Waals surface area contributed by atoms with Crippen LogP contribution in [0, 0.1) is 12.3 Å². The lowest BCUT2D eigenvalue weighted by molar-refractivity contribution is 0.312. The summed E-state index contributed by atoms with van der Waals surface area (Å²) in [5, 5.41) is 20.9. The van der Waals surface area contributed by atoms with Gasteiger partial charge in [-0.2, -0.15) is 5.10 Å². The topological polar surface area (TPSA) is 136 Å². The van der Waals surface area contributed by atoms with Gasteiger partial charge in [0.15, 0.2) is 0 Å². The van der Waals surface area contributed by atoms with Gasteiger partial charge in [0.1, 0.15) is 23.8 Å². The molecule has 34 heavy (non-hydrogen) atoms. The minimum atomic E-state index is 0.203. The number of H-pyrrole nitrogens is 1. The van der Waals surface area contributed by atoms with Crippen LogP contribution < -0.4 is 16.0 Å². The lowest BCUT2D eigenvalue weighted by Gasteiger charge is -2.34. The van der Waals surface area contributed by atoms with E-state index in [4.69, 9.17) is 16.1 Å². The van der Waals surface area contributed by atoms with Crippen LogP contribution in [0.4, 0.5) is 17.5 Å². The Labute approximate surface area is 197 Å². The van der Waals surface area contributed by atoms with Crippen molar-refractivity contribution in [2.45, 2.75) is 13.5 Å². The van der Waals surface area contributed by atoms with Gasteiger partial charge in [0.25, 0.3) is 0 Å². The molecule has 0 bridgehead atoms. The summed E-state index contributed by atoms with van der Waals surface area (Å²) in [5.41, 5.74) is 9.51. The number of hydrogen-bond donors (Lipinski definition) is 4. The summed E-state index contributed by atoms with van der Waals surface area (Å²) < 4.78 is 0. The second-order valence-corrected chi connectivity index (χ2v) is 8.60. The van der Waals surface area contributed by atoms with Gasteiger partial charge in [0, 0.05) is 43.3 Å². The monoisotopic (exact) mass is 456 g/mol. The number of fused-ring (bicyclic) bond motifs is 1. The highest BCUT2D eigenvalue weighted by molar-refractivity contribution is 6.15. The molecule has 0 atom stereocenters. The Hall–Kier alpha value is -4.05. The SMILES string of the molecule is Cc1cccc2cc(CNc3ncnc(N)c3C(=N)c3cn[nH]c3)nc(N3CCN(C)CC3)c12. The van der Waals surface area contributed by atoms with Crippen LogP contribution in [-0.4, -0.2) is 69.0 Å². The van der Waals surface area contributed by atoms with E-state index in [-0.39, 0.29) is 11.5 Å². The zero-order valence-corrected chi connectivity index (χ0v) is 19.3. The van der Waals surface area contributed by atoms with E-state index < -0.39 is 0 Å². The molecular formula is C24H28N10. The van der Waals surface area contributed by atoms with Gasteiger partial charge in [0.05, 0.1) is 29.7 Å². The largest absolute Gasteiger partial charge is 0.383 e. The summed E-state index contributed by atoms with van der Waals surface area (Å²) in [5.74, 6) is 1.75. The Balaban J connectivity index is 1.48. The van der Waals surface area contributed by atoms with Gasteiger partial charge in [-0.25, -0.2) is 15.0 Å². The molecule has 3 aromatic heterocycles. The van der Waals surface area contributed by atoms with Gasteiger partial charge in [-0.05, 0) is 31.0 Å². The van der Waals surface area contributed by atoms with Crippen molar-refractivity contribution in [2.75, 3.05) is 49.2 Å². The molecule has 1 aromatic carbocycles. The maximum atomic E-state index is 8.58. The van der Waals surface area contributed by atoms with Crippen LogP contribution in [0.15, 0.2) is 43.0 Å². The summed E-state index contributed by atoms with van der Waals surface area (Å²) in [4.78, 5) is 18.2. The number of piperazine rings is 1. The van der Waals surface area contributed by atoms with E-state index >= 15 is 0 Å². The van der Waals surface area contributed by atoms with Crippen molar-refractivity contribution in [3.8, 4) is 0 Å². The van der Waals surface area contributed by atoms with Crippen LogP contribution in [0.1, 0.15) is 22.4 Å². The predicted molar refractivity (Wildman–Crippen MR) is 134 cm³/mol. The smallest absolute Gasteiger partial charge is 0.141 e. The molecule has 0 aliphatic carbocycles. The summed E-state index contributed by atoms with van der Waals surface area (Å²) in [6.07, 6.45) is 4.62. The Morgan fingerprint density at radius 1 is 1.21 bits per heavy atom. The predicted octanol–water partition coefficient (Wildman–Crippen LogP) is 2.42. The maximum Gasteiger partial charge on any atom is 0.141 e. The fourth-order valence-electron chi connectivity index (χ4n) is 4.34. The molecule has 0 amide bonds. The number of likely N-dealkylation sites (N-methyl/N-ethyl adjacent to an activating group) is 1. The summed E-state index contributed by atoms with van der Waals surface area (Å²) in [6.45, 7) is 6.48. The second-order valence-electron chi connectivity index (χ2n) is 8.60. The molecule has 5 rings (SSSR count). The Morgan fingerprint density at radius 3 is 2.79 bits per heavy atom. The van der Waals surface area contributed by atoms with Gasteiger partial charge in [-0.3, -0.25) is 10.5 Å². The van der Waals surface area contributed by atoms with Crippen LogP contribution in [0.25, 0.3) is 10.8 Å². The molecule has 0 saturated carbocycles. The van der Waals surface area contributed by atoms with E-state index in [0.29, 0.717) is 23.5 Å². The van der Waals surface area contributed by atoms with E-state index in [2.05, 4.69) is 73.5 Å². The fourth-order valence-corrected chi connectivity index (χ4v) is 4.34. The number of pyridine rings is 1. The van der Waals surface area contributed by atoms with Gasteiger partial charge in [-0.15, -0.1) is 0 Å². The third kappa shape index (κ3) is 4.15. The van der Waals surface area contributed by atoms with Crippen molar-refractivity contribution in [2.24, 2.45) is 0 Å². The number of nitrogens with zero attached hydrogens (tertiary/aromatic N) is 6. The molecule has 10 heteroatoms.